The number of amides is 1. The average Bonchev–Trinajstić information content (AvgIpc) is 2.40. The zero-order valence-corrected chi connectivity index (χ0v) is 11.6. The van der Waals surface area contributed by atoms with Crippen molar-refractivity contribution in [3.63, 3.8) is 0 Å². The van der Waals surface area contributed by atoms with E-state index in [1.54, 1.807) is 0 Å². The molecule has 0 heterocycles. The average molecular weight is 248 g/mol. The van der Waals surface area contributed by atoms with Crippen LogP contribution < -0.4 is 5.73 Å². The molecule has 2 N–H and O–H groups in total. The standard InChI is InChI=1S/C15H24N2O/c1-4-12(3)17(5-2)15(18)11-14(16)13-9-7-6-8-10-13/h6-10,12,14H,4-5,11,16H2,1-3H3. The zero-order valence-electron chi connectivity index (χ0n) is 11.6. The molecule has 0 aliphatic heterocycles. The maximum atomic E-state index is 12.2. The molecule has 0 aromatic heterocycles. The Morgan fingerprint density at radius 2 is 1.89 bits per heavy atom. The molecule has 2 atom stereocenters. The molecule has 0 bridgehead atoms. The molecule has 1 aromatic rings. The van der Waals surface area contributed by atoms with Gasteiger partial charge in [-0.2, -0.15) is 0 Å². The molecule has 0 saturated carbocycles. The quantitative estimate of drug-likeness (QED) is 0.841. The first kappa shape index (κ1) is 14.7. The predicted octanol–water partition coefficient (Wildman–Crippen LogP) is 2.72. The number of hydrogen-bond acceptors (Lipinski definition) is 2. The van der Waals surface area contributed by atoms with E-state index in [0.29, 0.717) is 6.42 Å². The van der Waals surface area contributed by atoms with Crippen molar-refractivity contribution in [3.8, 4) is 0 Å². The highest BCUT2D eigenvalue weighted by atomic mass is 16.2. The highest BCUT2D eigenvalue weighted by molar-refractivity contribution is 5.77. The SMILES string of the molecule is CCC(C)N(CC)C(=O)CC(N)c1ccccc1. The smallest absolute Gasteiger partial charge is 0.224 e. The number of nitrogens with zero attached hydrogens (tertiary/aromatic N) is 1. The lowest BCUT2D eigenvalue weighted by atomic mass is 10.0. The van der Waals surface area contributed by atoms with E-state index in [1.807, 2.05) is 42.2 Å². The maximum Gasteiger partial charge on any atom is 0.224 e. The van der Waals surface area contributed by atoms with Gasteiger partial charge in [0.2, 0.25) is 5.91 Å². The van der Waals surface area contributed by atoms with Crippen LogP contribution in [-0.4, -0.2) is 23.4 Å². The largest absolute Gasteiger partial charge is 0.340 e. The topological polar surface area (TPSA) is 46.3 Å². The van der Waals surface area contributed by atoms with Gasteiger partial charge in [0.1, 0.15) is 0 Å². The summed E-state index contributed by atoms with van der Waals surface area (Å²) in [5, 5.41) is 0. The Balaban J connectivity index is 2.64. The van der Waals surface area contributed by atoms with Crippen LogP contribution in [0.2, 0.25) is 0 Å². The highest BCUT2D eigenvalue weighted by Crippen LogP contribution is 2.16. The van der Waals surface area contributed by atoms with E-state index in [2.05, 4.69) is 13.8 Å². The Labute approximate surface area is 110 Å². The van der Waals surface area contributed by atoms with Crippen molar-refractivity contribution in [1.29, 1.82) is 0 Å². The minimum absolute atomic E-state index is 0.142. The van der Waals surface area contributed by atoms with E-state index in [9.17, 15) is 4.79 Å². The maximum absolute atomic E-state index is 12.2. The van der Waals surface area contributed by atoms with Crippen LogP contribution in [0.5, 0.6) is 0 Å². The molecule has 0 radical (unpaired) electrons. The third-order valence-electron chi connectivity index (χ3n) is 3.41. The fraction of sp³-hybridized carbons (Fsp3) is 0.533. The summed E-state index contributed by atoms with van der Waals surface area (Å²) in [7, 11) is 0. The number of carbonyl (C=O) groups excluding carboxylic acids is 1. The van der Waals surface area contributed by atoms with Crippen molar-refractivity contribution in [3.05, 3.63) is 35.9 Å². The van der Waals surface area contributed by atoms with Gasteiger partial charge in [0.25, 0.3) is 0 Å². The monoisotopic (exact) mass is 248 g/mol. The van der Waals surface area contributed by atoms with Crippen LogP contribution >= 0.6 is 0 Å². The van der Waals surface area contributed by atoms with Gasteiger partial charge in [-0.15, -0.1) is 0 Å². The zero-order chi connectivity index (χ0) is 13.5. The number of carbonyl (C=O) groups is 1. The second-order valence-corrected chi connectivity index (χ2v) is 4.66. The van der Waals surface area contributed by atoms with Crippen molar-refractivity contribution in [2.75, 3.05) is 6.54 Å². The summed E-state index contributed by atoms with van der Waals surface area (Å²) < 4.78 is 0. The van der Waals surface area contributed by atoms with Gasteiger partial charge in [0.05, 0.1) is 0 Å². The third kappa shape index (κ3) is 3.84. The van der Waals surface area contributed by atoms with Crippen molar-refractivity contribution in [2.45, 2.75) is 45.7 Å². The van der Waals surface area contributed by atoms with Gasteiger partial charge in [0, 0.05) is 25.0 Å². The molecular weight excluding hydrogens is 224 g/mol. The lowest BCUT2D eigenvalue weighted by molar-refractivity contribution is -0.133. The van der Waals surface area contributed by atoms with E-state index in [0.717, 1.165) is 18.5 Å². The number of hydrogen-bond donors (Lipinski definition) is 1. The Morgan fingerprint density at radius 3 is 2.39 bits per heavy atom. The van der Waals surface area contributed by atoms with E-state index in [1.165, 1.54) is 0 Å². The van der Waals surface area contributed by atoms with Crippen LogP contribution in [-0.2, 0) is 4.79 Å². The molecule has 3 heteroatoms. The molecule has 0 spiro atoms. The fourth-order valence-corrected chi connectivity index (χ4v) is 2.08. The Hall–Kier alpha value is -1.35. The summed E-state index contributed by atoms with van der Waals surface area (Å²) in [5.41, 5.74) is 7.10. The number of benzene rings is 1. The molecule has 100 valence electrons. The molecule has 0 aliphatic rings. The van der Waals surface area contributed by atoms with Crippen LogP contribution in [0.15, 0.2) is 30.3 Å². The minimum atomic E-state index is -0.211. The normalized spacial score (nSPS) is 14.0. The van der Waals surface area contributed by atoms with Gasteiger partial charge in [-0.3, -0.25) is 4.79 Å². The Bertz CT molecular complexity index is 364. The van der Waals surface area contributed by atoms with Crippen molar-refractivity contribution in [2.24, 2.45) is 5.73 Å². The van der Waals surface area contributed by atoms with E-state index < -0.39 is 0 Å². The summed E-state index contributed by atoms with van der Waals surface area (Å²) in [6.07, 6.45) is 1.35. The van der Waals surface area contributed by atoms with E-state index >= 15 is 0 Å². The van der Waals surface area contributed by atoms with Crippen molar-refractivity contribution in [1.82, 2.24) is 4.90 Å². The fourth-order valence-electron chi connectivity index (χ4n) is 2.08. The van der Waals surface area contributed by atoms with Gasteiger partial charge < -0.3 is 10.6 Å². The molecule has 1 amide bonds. The van der Waals surface area contributed by atoms with E-state index in [-0.39, 0.29) is 18.0 Å². The van der Waals surface area contributed by atoms with Crippen LogP contribution in [0.4, 0.5) is 0 Å². The molecule has 1 rings (SSSR count). The van der Waals surface area contributed by atoms with Gasteiger partial charge in [-0.1, -0.05) is 37.3 Å². The van der Waals surface area contributed by atoms with Gasteiger partial charge in [0.15, 0.2) is 0 Å². The molecule has 2 unspecified atom stereocenters. The summed E-state index contributed by atoms with van der Waals surface area (Å²) in [4.78, 5) is 14.1. The van der Waals surface area contributed by atoms with Gasteiger partial charge in [-0.25, -0.2) is 0 Å². The van der Waals surface area contributed by atoms with Crippen molar-refractivity contribution >= 4 is 5.91 Å². The highest BCUT2D eigenvalue weighted by Gasteiger charge is 2.19. The summed E-state index contributed by atoms with van der Waals surface area (Å²) in [5.74, 6) is 0.142. The molecule has 3 nitrogen and oxygen atoms in total. The van der Waals surface area contributed by atoms with Crippen LogP contribution in [0.1, 0.15) is 45.2 Å². The summed E-state index contributed by atoms with van der Waals surface area (Å²) in [6, 6.07) is 9.87. The van der Waals surface area contributed by atoms with E-state index in [4.69, 9.17) is 5.73 Å². The first-order valence-electron chi connectivity index (χ1n) is 6.70. The Kier molecular flexibility index (Phi) is 5.86. The second kappa shape index (κ2) is 7.17. The van der Waals surface area contributed by atoms with Crippen LogP contribution in [0.25, 0.3) is 0 Å². The lowest BCUT2D eigenvalue weighted by Crippen LogP contribution is -2.39. The summed E-state index contributed by atoms with van der Waals surface area (Å²) in [6.45, 7) is 6.93. The first-order valence-corrected chi connectivity index (χ1v) is 6.70. The number of nitrogens with two attached hydrogens (primary N) is 1. The third-order valence-corrected chi connectivity index (χ3v) is 3.41. The molecule has 1 aromatic carbocycles. The molecule has 0 fully saturated rings. The lowest BCUT2D eigenvalue weighted by Gasteiger charge is -2.28. The predicted molar refractivity (Wildman–Crippen MR) is 75.1 cm³/mol. The van der Waals surface area contributed by atoms with Crippen molar-refractivity contribution < 1.29 is 4.79 Å². The molecule has 0 aliphatic carbocycles. The van der Waals surface area contributed by atoms with Gasteiger partial charge >= 0.3 is 0 Å². The second-order valence-electron chi connectivity index (χ2n) is 4.66. The molecular formula is C15H24N2O. The molecule has 18 heavy (non-hydrogen) atoms. The molecule has 0 saturated heterocycles. The Morgan fingerprint density at radius 1 is 1.28 bits per heavy atom. The minimum Gasteiger partial charge on any atom is -0.340 e. The van der Waals surface area contributed by atoms with Crippen LogP contribution in [0, 0.1) is 0 Å². The van der Waals surface area contributed by atoms with Gasteiger partial charge in [-0.05, 0) is 25.8 Å². The number of rotatable bonds is 6. The first-order chi connectivity index (χ1) is 8.60. The van der Waals surface area contributed by atoms with Crippen LogP contribution in [0.3, 0.4) is 0 Å². The summed E-state index contributed by atoms with van der Waals surface area (Å²) >= 11 is 0.